The van der Waals surface area contributed by atoms with Gasteiger partial charge in [0.05, 0.1) is 53.2 Å². The largest absolute Gasteiger partial charge is 0.465 e. The highest BCUT2D eigenvalue weighted by Gasteiger charge is 2.30. The van der Waals surface area contributed by atoms with Crippen molar-refractivity contribution >= 4 is 44.5 Å². The topological polar surface area (TPSA) is 152 Å². The highest BCUT2D eigenvalue weighted by Crippen LogP contribution is 2.34. The number of fused-ring (bicyclic) bond motifs is 1. The van der Waals surface area contributed by atoms with Gasteiger partial charge >= 0.3 is 6.09 Å². The Labute approximate surface area is 240 Å². The summed E-state index contributed by atoms with van der Waals surface area (Å²) in [5, 5.41) is 21.3. The Morgan fingerprint density at radius 2 is 1.90 bits per heavy atom. The third-order valence-electron chi connectivity index (χ3n) is 6.77. The minimum absolute atomic E-state index is 0.0941. The van der Waals surface area contributed by atoms with E-state index in [0.29, 0.717) is 33.4 Å². The van der Waals surface area contributed by atoms with Crippen molar-refractivity contribution in [1.29, 1.82) is 5.26 Å². The van der Waals surface area contributed by atoms with Gasteiger partial charge in [0.2, 0.25) is 16.0 Å². The number of carboxylic acid groups (broad SMARTS) is 1. The van der Waals surface area contributed by atoms with Crippen LogP contribution in [0.5, 0.6) is 0 Å². The molecule has 2 atom stereocenters. The molecule has 3 heterocycles. The molecule has 1 saturated heterocycles. The number of likely N-dealkylation sites (tertiary alicyclic amines) is 1. The fourth-order valence-electron chi connectivity index (χ4n) is 4.89. The van der Waals surface area contributed by atoms with E-state index in [2.05, 4.69) is 20.3 Å². The molecule has 14 heteroatoms. The maximum atomic E-state index is 15.5. The van der Waals surface area contributed by atoms with Gasteiger partial charge in [-0.15, -0.1) is 0 Å². The maximum Gasteiger partial charge on any atom is 0.407 e. The van der Waals surface area contributed by atoms with Gasteiger partial charge in [0, 0.05) is 24.6 Å². The number of carbonyl (C=O) groups is 1. The molecule has 2 N–H and O–H groups in total. The zero-order chi connectivity index (χ0) is 30.2. The van der Waals surface area contributed by atoms with Crippen molar-refractivity contribution in [3.63, 3.8) is 0 Å². The Hall–Kier alpha value is -4.90. The van der Waals surface area contributed by atoms with Crippen molar-refractivity contribution in [2.24, 2.45) is 0 Å². The zero-order valence-corrected chi connectivity index (χ0v) is 23.3. The summed E-state index contributed by atoms with van der Waals surface area (Å²) < 4.78 is 55.6. The molecule has 1 aliphatic rings. The minimum atomic E-state index is -3.93. The standard InChI is InChI=1S/C28H25F2N7O4S/c1-16-9-23(34-24-13-32-27(35-26(16)24)33-20-11-19(29)14-36(15-20)28(38)39)18-5-8-25(22(30)10-18)37(42(2,40)41)21-6-3-17(12-31)4-7-21/h3-10,13,19-20H,11,14-15H2,1-2H3,(H,38,39)(H,32,33,35)/t19-,20-/m0/s1. The molecule has 0 bridgehead atoms. The number of aromatic nitrogens is 3. The van der Waals surface area contributed by atoms with Crippen LogP contribution in [0.2, 0.25) is 0 Å². The molecule has 0 saturated carbocycles. The van der Waals surface area contributed by atoms with Crippen LogP contribution in [0.25, 0.3) is 22.3 Å². The number of nitrogens with one attached hydrogen (secondary N) is 1. The fourth-order valence-corrected chi connectivity index (χ4v) is 5.90. The maximum absolute atomic E-state index is 15.5. The van der Waals surface area contributed by atoms with Crippen molar-refractivity contribution in [2.45, 2.75) is 25.6 Å². The molecule has 1 amide bonds. The molecular weight excluding hydrogens is 568 g/mol. The first-order valence-corrected chi connectivity index (χ1v) is 14.6. The molecule has 42 heavy (non-hydrogen) atoms. The SMILES string of the molecule is Cc1cc(-c2ccc(N(c3ccc(C#N)cc3)S(C)(=O)=O)c(F)c2)nc2cnc(N[C@H]3C[C@H](F)CN(C(=O)O)C3)nc12. The minimum Gasteiger partial charge on any atom is -0.465 e. The molecule has 1 aliphatic heterocycles. The van der Waals surface area contributed by atoms with Crippen LogP contribution < -0.4 is 9.62 Å². The number of hydrogen-bond acceptors (Lipinski definition) is 8. The Morgan fingerprint density at radius 1 is 1.17 bits per heavy atom. The van der Waals surface area contributed by atoms with E-state index in [4.69, 9.17) is 5.26 Å². The van der Waals surface area contributed by atoms with Gasteiger partial charge in [0.15, 0.2) is 0 Å². The van der Waals surface area contributed by atoms with Crippen LogP contribution in [0, 0.1) is 24.1 Å². The first-order chi connectivity index (χ1) is 19.9. The first-order valence-electron chi connectivity index (χ1n) is 12.8. The number of halogens is 2. The van der Waals surface area contributed by atoms with Gasteiger partial charge in [-0.2, -0.15) is 5.26 Å². The van der Waals surface area contributed by atoms with Gasteiger partial charge in [-0.05, 0) is 55.0 Å². The van der Waals surface area contributed by atoms with E-state index < -0.39 is 34.1 Å². The molecule has 2 aromatic heterocycles. The van der Waals surface area contributed by atoms with Crippen LogP contribution in [0.1, 0.15) is 17.5 Å². The molecule has 216 valence electrons. The summed E-state index contributed by atoms with van der Waals surface area (Å²) in [5.74, 6) is -0.602. The summed E-state index contributed by atoms with van der Waals surface area (Å²) in [5.41, 5.74) is 2.72. The number of anilines is 3. The Kier molecular flexibility index (Phi) is 7.61. The summed E-state index contributed by atoms with van der Waals surface area (Å²) >= 11 is 0. The van der Waals surface area contributed by atoms with Gasteiger partial charge in [-0.3, -0.25) is 0 Å². The lowest BCUT2D eigenvalue weighted by molar-refractivity contribution is 0.102. The summed E-state index contributed by atoms with van der Waals surface area (Å²) in [7, 11) is -3.93. The van der Waals surface area contributed by atoms with Crippen LogP contribution in [0.3, 0.4) is 0 Å². The van der Waals surface area contributed by atoms with E-state index in [1.807, 2.05) is 6.07 Å². The third kappa shape index (κ3) is 5.91. The molecule has 5 rings (SSSR count). The second-order valence-electron chi connectivity index (χ2n) is 9.97. The molecular formula is C28H25F2N7O4S. The molecule has 0 aliphatic carbocycles. The van der Waals surface area contributed by atoms with E-state index in [9.17, 15) is 22.7 Å². The molecule has 0 unspecified atom stereocenters. The number of hydrogen-bond donors (Lipinski definition) is 2. The molecule has 0 spiro atoms. The predicted molar refractivity (Wildman–Crippen MR) is 152 cm³/mol. The summed E-state index contributed by atoms with van der Waals surface area (Å²) in [6.07, 6.45) is 0.0399. The lowest BCUT2D eigenvalue weighted by Crippen LogP contribution is -2.49. The number of piperidine rings is 1. The average molecular weight is 594 g/mol. The molecule has 0 radical (unpaired) electrons. The number of pyridine rings is 1. The molecule has 4 aromatic rings. The zero-order valence-electron chi connectivity index (χ0n) is 22.5. The Balaban J connectivity index is 1.43. The monoisotopic (exact) mass is 593 g/mol. The second-order valence-corrected chi connectivity index (χ2v) is 11.8. The van der Waals surface area contributed by atoms with Crippen molar-refractivity contribution in [1.82, 2.24) is 19.9 Å². The van der Waals surface area contributed by atoms with Crippen LogP contribution in [-0.4, -0.2) is 71.0 Å². The average Bonchev–Trinajstić information content (AvgIpc) is 2.93. The number of amides is 1. The second kappa shape index (κ2) is 11.2. The highest BCUT2D eigenvalue weighted by molar-refractivity contribution is 7.92. The lowest BCUT2D eigenvalue weighted by Gasteiger charge is -2.33. The Bertz CT molecular complexity index is 1830. The van der Waals surface area contributed by atoms with E-state index in [1.165, 1.54) is 42.6 Å². The van der Waals surface area contributed by atoms with Crippen molar-refractivity contribution in [2.75, 3.05) is 29.0 Å². The third-order valence-corrected chi connectivity index (χ3v) is 7.84. The quantitative estimate of drug-likeness (QED) is 0.326. The summed E-state index contributed by atoms with van der Waals surface area (Å²) in [6.45, 7) is 1.70. The van der Waals surface area contributed by atoms with E-state index in [1.54, 1.807) is 19.1 Å². The highest BCUT2D eigenvalue weighted by atomic mass is 32.2. The van der Waals surface area contributed by atoms with Gasteiger partial charge in [-0.25, -0.2) is 41.3 Å². The molecule has 2 aromatic carbocycles. The number of rotatable bonds is 6. The Morgan fingerprint density at radius 3 is 2.55 bits per heavy atom. The van der Waals surface area contributed by atoms with E-state index >= 15 is 4.39 Å². The predicted octanol–water partition coefficient (Wildman–Crippen LogP) is 4.61. The first kappa shape index (κ1) is 28.6. The van der Waals surface area contributed by atoms with Gasteiger partial charge < -0.3 is 15.3 Å². The lowest BCUT2D eigenvalue weighted by atomic mass is 10.0. The number of nitriles is 1. The number of aryl methyl sites for hydroxylation is 1. The van der Waals surface area contributed by atoms with E-state index in [-0.39, 0.29) is 36.8 Å². The summed E-state index contributed by atoms with van der Waals surface area (Å²) in [6, 6.07) is 13.0. The van der Waals surface area contributed by atoms with Crippen LogP contribution >= 0.6 is 0 Å². The normalized spacial score (nSPS) is 17.1. The van der Waals surface area contributed by atoms with Gasteiger partial charge in [0.25, 0.3) is 0 Å². The fraction of sp³-hybridized carbons (Fsp3) is 0.250. The van der Waals surface area contributed by atoms with Gasteiger partial charge in [0.1, 0.15) is 17.5 Å². The van der Waals surface area contributed by atoms with Crippen LogP contribution in [-0.2, 0) is 10.0 Å². The van der Waals surface area contributed by atoms with Crippen LogP contribution in [0.4, 0.5) is 30.9 Å². The van der Waals surface area contributed by atoms with E-state index in [0.717, 1.165) is 15.5 Å². The van der Waals surface area contributed by atoms with Crippen molar-refractivity contribution in [3.05, 3.63) is 71.7 Å². The number of alkyl halides is 1. The van der Waals surface area contributed by atoms with Crippen LogP contribution in [0.15, 0.2) is 54.7 Å². The summed E-state index contributed by atoms with van der Waals surface area (Å²) in [4.78, 5) is 25.6. The number of benzene rings is 2. The number of nitrogens with zero attached hydrogens (tertiary/aromatic N) is 6. The number of sulfonamides is 1. The van der Waals surface area contributed by atoms with Gasteiger partial charge in [-0.1, -0.05) is 6.07 Å². The van der Waals surface area contributed by atoms with Crippen molar-refractivity contribution in [3.8, 4) is 17.3 Å². The molecule has 11 nitrogen and oxygen atoms in total. The van der Waals surface area contributed by atoms with Crippen molar-refractivity contribution < 1.29 is 27.1 Å². The molecule has 1 fully saturated rings. The smallest absolute Gasteiger partial charge is 0.407 e.